The Morgan fingerprint density at radius 2 is 0.747 bits per heavy atom. The molecule has 474 valence electrons. The highest BCUT2D eigenvalue weighted by atomic mass is 16.5. The molecule has 0 aliphatic carbocycles. The highest BCUT2D eigenvalue weighted by molar-refractivity contribution is 5.75. The summed E-state index contributed by atoms with van der Waals surface area (Å²) in [7, 11) is 1.42. The van der Waals surface area contributed by atoms with Crippen molar-refractivity contribution in [2.45, 2.75) is 224 Å². The van der Waals surface area contributed by atoms with Gasteiger partial charge in [0.05, 0.1) is 56.4 Å². The summed E-state index contributed by atoms with van der Waals surface area (Å²) in [6.45, 7) is 33.0. The maximum absolute atomic E-state index is 10.8. The second-order valence-corrected chi connectivity index (χ2v) is 22.7. The van der Waals surface area contributed by atoms with Gasteiger partial charge in [-0.2, -0.15) is 0 Å². The Bertz CT molecular complexity index is 1910. The molecule has 0 radical (unpaired) electrons. The first-order valence-electron chi connectivity index (χ1n) is 31.3. The molecule has 4 rings (SSSR count). The van der Waals surface area contributed by atoms with Crippen LogP contribution < -0.4 is 0 Å². The number of methoxy groups -OCH3 is 1. The van der Waals surface area contributed by atoms with E-state index in [0.29, 0.717) is 36.0 Å². The molecule has 11 nitrogen and oxygen atoms in total. The van der Waals surface area contributed by atoms with Crippen molar-refractivity contribution in [2.24, 2.45) is 29.1 Å². The molecule has 11 heteroatoms. The third-order valence-corrected chi connectivity index (χ3v) is 15.4. The Balaban J connectivity index is -0.000000915. The largest absolute Gasteiger partial charge is 0.469 e. The van der Waals surface area contributed by atoms with E-state index in [1.807, 2.05) is 52.8 Å². The number of esters is 3. The van der Waals surface area contributed by atoms with Crippen LogP contribution in [0.2, 0.25) is 0 Å². The minimum Gasteiger partial charge on any atom is -0.469 e. The van der Waals surface area contributed by atoms with E-state index in [1.165, 1.54) is 55.0 Å². The lowest BCUT2D eigenvalue weighted by Gasteiger charge is -2.23. The van der Waals surface area contributed by atoms with Crippen molar-refractivity contribution < 1.29 is 54.1 Å². The van der Waals surface area contributed by atoms with Crippen LogP contribution in [-0.2, 0) is 28.6 Å². The van der Waals surface area contributed by atoms with Crippen molar-refractivity contribution in [3.8, 4) is 0 Å². The van der Waals surface area contributed by atoms with Gasteiger partial charge in [-0.1, -0.05) is 231 Å². The van der Waals surface area contributed by atoms with E-state index in [4.69, 9.17) is 15.3 Å². The van der Waals surface area contributed by atoms with Crippen LogP contribution in [0.25, 0.3) is 0 Å². The van der Waals surface area contributed by atoms with Gasteiger partial charge in [0.1, 0.15) is 13.2 Å². The fourth-order valence-electron chi connectivity index (χ4n) is 7.76. The van der Waals surface area contributed by atoms with Crippen molar-refractivity contribution in [3.63, 3.8) is 0 Å². The van der Waals surface area contributed by atoms with Gasteiger partial charge < -0.3 is 39.7 Å². The standard InChI is InChI=1S/C16H26O.C15H24O2.2C10H14.2C7H14O3.C7H14O2/c1-4-13(3)11-15(12-16(17)5-2)14-9-7-6-8-10-14;1-3-12(2)9-14(10-15(17)11-16)13-7-5-4-6-8-13;2*1-3-9(2)10-7-5-4-6-8-10;2*1-3-6(2)7(9)10-5-4-8;1-5-7(2,3)6(8)9-4/h6-10,13,15-17H,4-5,11-12H2,1-3H3;4-8,12,14-17H,3,9-11H2,1-2H3;2*4-9H,3H2,1-2H3;2*6,8H,3-5H2,1-2H3;5H2,1-4H3. The fraction of sp³-hybridized carbons (Fsp3) is 0.625. The van der Waals surface area contributed by atoms with Crippen LogP contribution >= 0.6 is 0 Å². The molecule has 10 unspecified atom stereocenters. The van der Waals surface area contributed by atoms with E-state index in [-0.39, 0.29) is 74.3 Å². The molecule has 0 saturated carbocycles. The molecular weight excluding hydrogens is 1040 g/mol. The number of ether oxygens (including phenoxy) is 3. The molecule has 0 saturated heterocycles. The van der Waals surface area contributed by atoms with E-state index in [9.17, 15) is 24.6 Å². The van der Waals surface area contributed by atoms with Gasteiger partial charge in [-0.15, -0.1) is 0 Å². The summed E-state index contributed by atoms with van der Waals surface area (Å²) < 4.78 is 13.9. The summed E-state index contributed by atoms with van der Waals surface area (Å²) in [6.07, 6.45) is 11.1. The number of aliphatic hydroxyl groups is 5. The predicted octanol–water partition coefficient (Wildman–Crippen LogP) is 16.4. The predicted molar refractivity (Wildman–Crippen MR) is 347 cm³/mol. The minimum atomic E-state index is -0.607. The molecule has 0 heterocycles. The van der Waals surface area contributed by atoms with E-state index < -0.39 is 6.10 Å². The summed E-state index contributed by atoms with van der Waals surface area (Å²) >= 11 is 0. The fourth-order valence-corrected chi connectivity index (χ4v) is 7.76. The molecule has 0 fully saturated rings. The van der Waals surface area contributed by atoms with Crippen molar-refractivity contribution in [3.05, 3.63) is 144 Å². The third kappa shape index (κ3) is 41.7. The van der Waals surface area contributed by atoms with Crippen LogP contribution in [-0.4, -0.2) is 95.8 Å². The van der Waals surface area contributed by atoms with Crippen molar-refractivity contribution in [2.75, 3.05) is 40.1 Å². The maximum atomic E-state index is 10.8. The van der Waals surface area contributed by atoms with Gasteiger partial charge in [0.15, 0.2) is 0 Å². The SMILES string of the molecule is CCC(C)(C)C(=O)OC.CCC(C)C(=O)OCCO.CCC(C)C(=O)OCCO.CCC(C)CC(CC(O)CC)c1ccccc1.CCC(C)CC(CC(O)CO)c1ccccc1.CCC(C)c1ccccc1.CCC(C)c1ccccc1. The normalized spacial score (nSPS) is 14.1. The lowest BCUT2D eigenvalue weighted by Crippen LogP contribution is -2.24. The Kier molecular flexibility index (Phi) is 52.2. The van der Waals surface area contributed by atoms with Gasteiger partial charge in [-0.3, -0.25) is 14.4 Å². The molecular formula is C72H120O11. The van der Waals surface area contributed by atoms with E-state index >= 15 is 0 Å². The molecule has 0 aromatic heterocycles. The number of carbonyl (C=O) groups excluding carboxylic acids is 3. The van der Waals surface area contributed by atoms with Crippen LogP contribution in [0.4, 0.5) is 0 Å². The molecule has 5 N–H and O–H groups in total. The molecule has 4 aromatic carbocycles. The van der Waals surface area contributed by atoms with Crippen LogP contribution in [0.15, 0.2) is 121 Å². The first kappa shape index (κ1) is 82.3. The molecule has 83 heavy (non-hydrogen) atoms. The van der Waals surface area contributed by atoms with Crippen molar-refractivity contribution in [1.82, 2.24) is 0 Å². The maximum Gasteiger partial charge on any atom is 0.311 e. The molecule has 0 aliphatic rings. The van der Waals surface area contributed by atoms with Gasteiger partial charge in [0.25, 0.3) is 0 Å². The van der Waals surface area contributed by atoms with Crippen LogP contribution in [0.3, 0.4) is 0 Å². The van der Waals surface area contributed by atoms with Crippen LogP contribution in [0.5, 0.6) is 0 Å². The smallest absolute Gasteiger partial charge is 0.311 e. The summed E-state index contributed by atoms with van der Waals surface area (Å²) in [5.74, 6) is 2.95. The second-order valence-electron chi connectivity index (χ2n) is 22.7. The van der Waals surface area contributed by atoms with Crippen LogP contribution in [0.1, 0.15) is 234 Å². The summed E-state index contributed by atoms with van der Waals surface area (Å²) in [5, 5.41) is 45.1. The first-order chi connectivity index (χ1) is 39.5. The summed E-state index contributed by atoms with van der Waals surface area (Å²) in [4.78, 5) is 32.4. The second kappa shape index (κ2) is 52.6. The topological polar surface area (TPSA) is 180 Å². The third-order valence-electron chi connectivity index (χ3n) is 15.4. The van der Waals surface area contributed by atoms with Gasteiger partial charge in [0.2, 0.25) is 0 Å². The van der Waals surface area contributed by atoms with Gasteiger partial charge in [-0.25, -0.2) is 0 Å². The zero-order valence-electron chi connectivity index (χ0n) is 55.0. The van der Waals surface area contributed by atoms with Crippen molar-refractivity contribution >= 4 is 17.9 Å². The number of aliphatic hydroxyl groups excluding tert-OH is 5. The zero-order valence-corrected chi connectivity index (χ0v) is 55.0. The number of hydrogen-bond acceptors (Lipinski definition) is 11. The van der Waals surface area contributed by atoms with E-state index in [0.717, 1.165) is 50.9 Å². The lowest BCUT2D eigenvalue weighted by molar-refractivity contribution is -0.151. The van der Waals surface area contributed by atoms with Gasteiger partial charge >= 0.3 is 17.9 Å². The number of benzene rings is 4. The number of carbonyl (C=O) groups is 3. The Hall–Kier alpha value is -4.91. The highest BCUT2D eigenvalue weighted by Gasteiger charge is 2.26. The van der Waals surface area contributed by atoms with E-state index in [2.05, 4.69) is 180 Å². The Morgan fingerprint density at radius 3 is 0.976 bits per heavy atom. The first-order valence-corrected chi connectivity index (χ1v) is 31.3. The monoisotopic (exact) mass is 1160 g/mol. The van der Waals surface area contributed by atoms with E-state index in [1.54, 1.807) is 13.8 Å². The average Bonchev–Trinajstić information content (AvgIpc) is 3.55. The van der Waals surface area contributed by atoms with Gasteiger partial charge in [0, 0.05) is 0 Å². The van der Waals surface area contributed by atoms with Crippen molar-refractivity contribution in [1.29, 1.82) is 0 Å². The highest BCUT2D eigenvalue weighted by Crippen LogP contribution is 2.31. The number of rotatable bonds is 28. The minimum absolute atomic E-state index is 0.0495. The molecule has 10 atom stereocenters. The summed E-state index contributed by atoms with van der Waals surface area (Å²) in [6, 6.07) is 42.2. The molecule has 0 aliphatic heterocycles. The molecule has 0 spiro atoms. The molecule has 4 aromatic rings. The zero-order chi connectivity index (χ0) is 63.6. The molecule has 0 bridgehead atoms. The van der Waals surface area contributed by atoms with Gasteiger partial charge in [-0.05, 0) is 136 Å². The Labute approximate surface area is 506 Å². The van der Waals surface area contributed by atoms with Crippen LogP contribution in [0, 0.1) is 29.1 Å². The number of hydrogen-bond donors (Lipinski definition) is 5. The lowest BCUT2D eigenvalue weighted by atomic mass is 9.84. The average molecular weight is 1160 g/mol. The summed E-state index contributed by atoms with van der Waals surface area (Å²) in [5.41, 5.74) is 5.23. The molecule has 0 amide bonds. The quantitative estimate of drug-likeness (QED) is 0.0270. The Morgan fingerprint density at radius 1 is 0.434 bits per heavy atom.